The number of carbonyl (C=O) groups excluding carboxylic acids is 1. The second-order valence-electron chi connectivity index (χ2n) is 3.39. The molecule has 0 radical (unpaired) electrons. The lowest BCUT2D eigenvalue weighted by atomic mass is 10.1. The van der Waals surface area contributed by atoms with Gasteiger partial charge >= 0.3 is 0 Å². The first-order valence-corrected chi connectivity index (χ1v) is 4.89. The van der Waals surface area contributed by atoms with E-state index in [0.29, 0.717) is 11.4 Å². The first-order chi connectivity index (χ1) is 7.04. The van der Waals surface area contributed by atoms with E-state index in [0.717, 1.165) is 12.0 Å². The van der Waals surface area contributed by atoms with Crippen LogP contribution in [0.3, 0.4) is 0 Å². The molecule has 1 rings (SSSR count). The van der Waals surface area contributed by atoms with Crippen LogP contribution >= 0.6 is 0 Å². The molecular formula is C11H16N2O2. The normalized spacial score (nSPS) is 12.1. The predicted molar refractivity (Wildman–Crippen MR) is 59.5 cm³/mol. The molecule has 0 aliphatic carbocycles. The Kier molecular flexibility index (Phi) is 3.55. The van der Waals surface area contributed by atoms with Crippen LogP contribution in [0, 0.1) is 0 Å². The highest BCUT2D eigenvalue weighted by Crippen LogP contribution is 2.23. The molecule has 4 N–H and O–H groups in total. The number of primary amides is 1. The van der Waals surface area contributed by atoms with Crippen molar-refractivity contribution in [3.05, 3.63) is 23.8 Å². The van der Waals surface area contributed by atoms with Gasteiger partial charge in [0.05, 0.1) is 5.69 Å². The summed E-state index contributed by atoms with van der Waals surface area (Å²) in [5.41, 5.74) is 12.5. The third kappa shape index (κ3) is 2.87. The van der Waals surface area contributed by atoms with Gasteiger partial charge in [-0.25, -0.2) is 0 Å². The molecule has 4 heteroatoms. The number of hydrogen-bond donors (Lipinski definition) is 2. The van der Waals surface area contributed by atoms with Crippen molar-refractivity contribution in [1.82, 2.24) is 0 Å². The highest BCUT2D eigenvalue weighted by atomic mass is 16.5. The van der Waals surface area contributed by atoms with Crippen LogP contribution in [0.1, 0.15) is 19.4 Å². The maximum absolute atomic E-state index is 10.8. The highest BCUT2D eigenvalue weighted by molar-refractivity contribution is 5.79. The molecule has 0 bridgehead atoms. The summed E-state index contributed by atoms with van der Waals surface area (Å²) in [5.74, 6) is -0.00697. The molecule has 1 aromatic rings. The number of hydrogen-bond acceptors (Lipinski definition) is 3. The monoisotopic (exact) mass is 208 g/mol. The van der Waals surface area contributed by atoms with Crippen LogP contribution in [-0.4, -0.2) is 12.0 Å². The molecule has 4 nitrogen and oxygen atoms in total. The van der Waals surface area contributed by atoms with Crippen LogP contribution < -0.4 is 16.2 Å². The van der Waals surface area contributed by atoms with E-state index in [1.807, 2.05) is 19.1 Å². The molecule has 15 heavy (non-hydrogen) atoms. The minimum Gasteiger partial charge on any atom is -0.479 e. The van der Waals surface area contributed by atoms with Crippen molar-refractivity contribution in [1.29, 1.82) is 0 Å². The van der Waals surface area contributed by atoms with Crippen LogP contribution in [0.25, 0.3) is 0 Å². The van der Waals surface area contributed by atoms with Gasteiger partial charge in [0.2, 0.25) is 0 Å². The van der Waals surface area contributed by atoms with E-state index in [-0.39, 0.29) is 0 Å². The van der Waals surface area contributed by atoms with Gasteiger partial charge in [0, 0.05) is 0 Å². The zero-order valence-corrected chi connectivity index (χ0v) is 8.99. The van der Waals surface area contributed by atoms with Gasteiger partial charge in [0.1, 0.15) is 5.75 Å². The standard InChI is InChI=1S/C11H16N2O2/c1-3-8-4-5-10(9(12)6-8)15-7(2)11(13)14/h4-7H,3,12H2,1-2H3,(H2,13,14). The number of ether oxygens (including phenoxy) is 1. The van der Waals surface area contributed by atoms with Crippen LogP contribution in [0.4, 0.5) is 5.69 Å². The quantitative estimate of drug-likeness (QED) is 0.727. The minimum absolute atomic E-state index is 0.499. The van der Waals surface area contributed by atoms with Gasteiger partial charge in [-0.1, -0.05) is 13.0 Å². The highest BCUT2D eigenvalue weighted by Gasteiger charge is 2.11. The summed E-state index contributed by atoms with van der Waals surface area (Å²) in [6, 6.07) is 5.51. The maximum Gasteiger partial charge on any atom is 0.258 e. The average molecular weight is 208 g/mol. The number of nitrogens with two attached hydrogens (primary N) is 2. The summed E-state index contributed by atoms with van der Waals surface area (Å²) in [5, 5.41) is 0. The Morgan fingerprint density at radius 3 is 2.67 bits per heavy atom. The summed E-state index contributed by atoms with van der Waals surface area (Å²) in [7, 11) is 0. The molecule has 0 saturated carbocycles. The lowest BCUT2D eigenvalue weighted by Crippen LogP contribution is -2.30. The molecule has 0 saturated heterocycles. The number of rotatable bonds is 4. The van der Waals surface area contributed by atoms with Crippen molar-refractivity contribution in [2.45, 2.75) is 26.4 Å². The Hall–Kier alpha value is -1.71. The van der Waals surface area contributed by atoms with E-state index >= 15 is 0 Å². The van der Waals surface area contributed by atoms with Gasteiger partial charge in [-0.15, -0.1) is 0 Å². The fourth-order valence-corrected chi connectivity index (χ4v) is 1.17. The Morgan fingerprint density at radius 2 is 2.20 bits per heavy atom. The fraction of sp³-hybridized carbons (Fsp3) is 0.364. The van der Waals surface area contributed by atoms with Crippen molar-refractivity contribution in [2.24, 2.45) is 5.73 Å². The van der Waals surface area contributed by atoms with Gasteiger partial charge in [-0.05, 0) is 31.0 Å². The van der Waals surface area contributed by atoms with E-state index < -0.39 is 12.0 Å². The van der Waals surface area contributed by atoms with Crippen molar-refractivity contribution in [3.8, 4) is 5.75 Å². The van der Waals surface area contributed by atoms with Gasteiger partial charge < -0.3 is 16.2 Å². The number of benzene rings is 1. The Balaban J connectivity index is 2.82. The number of nitrogen functional groups attached to an aromatic ring is 1. The Morgan fingerprint density at radius 1 is 1.53 bits per heavy atom. The molecule has 0 aliphatic heterocycles. The summed E-state index contributed by atoms with van der Waals surface area (Å²) in [6.07, 6.45) is 0.246. The van der Waals surface area contributed by atoms with Crippen LogP contribution in [0.2, 0.25) is 0 Å². The fourth-order valence-electron chi connectivity index (χ4n) is 1.17. The van der Waals surface area contributed by atoms with E-state index in [9.17, 15) is 4.79 Å². The number of amides is 1. The van der Waals surface area contributed by atoms with E-state index in [2.05, 4.69) is 0 Å². The third-order valence-corrected chi connectivity index (χ3v) is 2.19. The van der Waals surface area contributed by atoms with E-state index in [4.69, 9.17) is 16.2 Å². The Labute approximate surface area is 89.2 Å². The molecule has 0 spiro atoms. The van der Waals surface area contributed by atoms with Gasteiger partial charge in [0.15, 0.2) is 6.10 Å². The minimum atomic E-state index is -0.667. The summed E-state index contributed by atoms with van der Waals surface area (Å²) < 4.78 is 5.31. The first-order valence-electron chi connectivity index (χ1n) is 4.89. The smallest absolute Gasteiger partial charge is 0.258 e. The average Bonchev–Trinajstić information content (AvgIpc) is 2.20. The molecule has 1 atom stereocenters. The Bertz CT molecular complexity index is 364. The molecule has 1 amide bonds. The summed E-state index contributed by atoms with van der Waals surface area (Å²) >= 11 is 0. The lowest BCUT2D eigenvalue weighted by molar-refractivity contribution is -0.123. The van der Waals surface area contributed by atoms with E-state index in [1.165, 1.54) is 0 Å². The van der Waals surface area contributed by atoms with Crippen molar-refractivity contribution in [2.75, 3.05) is 5.73 Å². The molecule has 0 aliphatic rings. The second-order valence-corrected chi connectivity index (χ2v) is 3.39. The SMILES string of the molecule is CCc1ccc(OC(C)C(N)=O)c(N)c1. The number of aryl methyl sites for hydroxylation is 1. The van der Waals surface area contributed by atoms with Crippen molar-refractivity contribution in [3.63, 3.8) is 0 Å². The summed E-state index contributed by atoms with van der Waals surface area (Å²) in [4.78, 5) is 10.8. The topological polar surface area (TPSA) is 78.3 Å². The molecule has 0 heterocycles. The molecule has 0 aromatic heterocycles. The third-order valence-electron chi connectivity index (χ3n) is 2.19. The first kappa shape index (κ1) is 11.4. The number of carbonyl (C=O) groups is 1. The maximum atomic E-state index is 10.8. The zero-order valence-electron chi connectivity index (χ0n) is 8.99. The molecule has 1 unspecified atom stereocenters. The number of anilines is 1. The van der Waals surface area contributed by atoms with Gasteiger partial charge in [-0.3, -0.25) is 4.79 Å². The van der Waals surface area contributed by atoms with Crippen LogP contribution in [-0.2, 0) is 11.2 Å². The molecule has 1 aromatic carbocycles. The zero-order chi connectivity index (χ0) is 11.4. The van der Waals surface area contributed by atoms with Crippen LogP contribution in [0.15, 0.2) is 18.2 Å². The van der Waals surface area contributed by atoms with Gasteiger partial charge in [0.25, 0.3) is 5.91 Å². The van der Waals surface area contributed by atoms with Gasteiger partial charge in [-0.2, -0.15) is 0 Å². The van der Waals surface area contributed by atoms with E-state index in [1.54, 1.807) is 13.0 Å². The van der Waals surface area contributed by atoms with Crippen molar-refractivity contribution < 1.29 is 9.53 Å². The summed E-state index contributed by atoms with van der Waals surface area (Å²) in [6.45, 7) is 3.64. The lowest BCUT2D eigenvalue weighted by Gasteiger charge is -2.13. The molecular weight excluding hydrogens is 192 g/mol. The van der Waals surface area contributed by atoms with Crippen molar-refractivity contribution >= 4 is 11.6 Å². The van der Waals surface area contributed by atoms with Crippen LogP contribution in [0.5, 0.6) is 5.75 Å². The second kappa shape index (κ2) is 4.68. The largest absolute Gasteiger partial charge is 0.479 e. The molecule has 82 valence electrons. The predicted octanol–water partition coefficient (Wildman–Crippen LogP) is 1.08. The molecule has 0 fully saturated rings.